The number of thiophene rings is 1. The summed E-state index contributed by atoms with van der Waals surface area (Å²) in [6.45, 7) is 1.32. The quantitative estimate of drug-likeness (QED) is 0.741. The monoisotopic (exact) mass is 303 g/mol. The van der Waals surface area contributed by atoms with Gasteiger partial charge in [0.05, 0.1) is 5.02 Å². The van der Waals surface area contributed by atoms with Crippen molar-refractivity contribution in [3.05, 3.63) is 64.0 Å². The van der Waals surface area contributed by atoms with Gasteiger partial charge < -0.3 is 10.4 Å². The minimum Gasteiger partial charge on any atom is -0.508 e. The summed E-state index contributed by atoms with van der Waals surface area (Å²) >= 11 is 8.10. The molecule has 102 valence electrons. The van der Waals surface area contributed by atoms with Crippen molar-refractivity contribution in [2.45, 2.75) is 13.1 Å². The van der Waals surface area contributed by atoms with E-state index >= 15 is 0 Å². The van der Waals surface area contributed by atoms with Crippen LogP contribution in [0.5, 0.6) is 5.75 Å². The van der Waals surface area contributed by atoms with Crippen LogP contribution in [0.15, 0.2) is 48.5 Å². The van der Waals surface area contributed by atoms with Crippen molar-refractivity contribution in [2.24, 2.45) is 0 Å². The Bertz CT molecular complexity index is 738. The molecule has 0 fully saturated rings. The van der Waals surface area contributed by atoms with Gasteiger partial charge in [0.15, 0.2) is 0 Å². The van der Waals surface area contributed by atoms with Crippen LogP contribution in [-0.4, -0.2) is 5.11 Å². The molecule has 0 bridgehead atoms. The maximum absolute atomic E-state index is 9.71. The Morgan fingerprint density at radius 1 is 1.00 bits per heavy atom. The Hall–Kier alpha value is -1.55. The van der Waals surface area contributed by atoms with Crippen LogP contribution in [-0.2, 0) is 13.1 Å². The van der Waals surface area contributed by atoms with Crippen molar-refractivity contribution in [1.82, 2.24) is 5.32 Å². The highest BCUT2D eigenvalue weighted by molar-refractivity contribution is 7.19. The molecule has 0 saturated carbocycles. The SMILES string of the molecule is Oc1ccccc1CNCc1sc2ccccc2c1Cl. The lowest BCUT2D eigenvalue weighted by molar-refractivity contribution is 0.464. The van der Waals surface area contributed by atoms with Crippen LogP contribution < -0.4 is 5.32 Å². The molecule has 20 heavy (non-hydrogen) atoms. The van der Waals surface area contributed by atoms with Gasteiger partial charge in [-0.05, 0) is 12.1 Å². The summed E-state index contributed by atoms with van der Waals surface area (Å²) in [7, 11) is 0. The Morgan fingerprint density at radius 2 is 1.75 bits per heavy atom. The summed E-state index contributed by atoms with van der Waals surface area (Å²) in [6.07, 6.45) is 0. The zero-order valence-corrected chi connectivity index (χ0v) is 12.3. The second kappa shape index (κ2) is 5.83. The van der Waals surface area contributed by atoms with Crippen LogP contribution in [0.25, 0.3) is 10.1 Å². The summed E-state index contributed by atoms with van der Waals surface area (Å²) in [5.74, 6) is 0.322. The predicted molar refractivity (Wildman–Crippen MR) is 85.5 cm³/mol. The summed E-state index contributed by atoms with van der Waals surface area (Å²) in [5.41, 5.74) is 0.893. The van der Waals surface area contributed by atoms with E-state index in [0.29, 0.717) is 18.8 Å². The first-order chi connectivity index (χ1) is 9.75. The normalized spacial score (nSPS) is 11.1. The maximum atomic E-state index is 9.71. The molecule has 1 heterocycles. The van der Waals surface area contributed by atoms with Crippen molar-refractivity contribution in [3.8, 4) is 5.75 Å². The minimum absolute atomic E-state index is 0.322. The molecule has 0 aliphatic heterocycles. The first-order valence-electron chi connectivity index (χ1n) is 6.39. The Kier molecular flexibility index (Phi) is 3.92. The number of fused-ring (bicyclic) bond motifs is 1. The van der Waals surface area contributed by atoms with Gasteiger partial charge in [-0.3, -0.25) is 0 Å². The smallest absolute Gasteiger partial charge is 0.120 e. The van der Waals surface area contributed by atoms with E-state index in [4.69, 9.17) is 11.6 Å². The average molecular weight is 304 g/mol. The largest absolute Gasteiger partial charge is 0.508 e. The molecule has 0 atom stereocenters. The molecule has 0 radical (unpaired) electrons. The molecule has 0 aliphatic rings. The van der Waals surface area contributed by atoms with Gasteiger partial charge in [-0.15, -0.1) is 11.3 Å². The number of halogens is 1. The first kappa shape index (κ1) is 13.4. The second-order valence-corrected chi connectivity index (χ2v) is 6.08. The van der Waals surface area contributed by atoms with Gasteiger partial charge in [0, 0.05) is 33.6 Å². The number of rotatable bonds is 4. The Labute approximate surface area is 126 Å². The molecule has 0 spiro atoms. The third kappa shape index (κ3) is 2.66. The number of phenols is 1. The number of para-hydroxylation sites is 1. The van der Waals surface area contributed by atoms with Crippen LogP contribution in [0.2, 0.25) is 5.02 Å². The fourth-order valence-corrected chi connectivity index (χ4v) is 3.62. The Balaban J connectivity index is 1.71. The molecular formula is C16H14ClNOS. The number of phenolic OH excluding ortho intramolecular Hbond substituents is 1. The molecular weight excluding hydrogens is 290 g/mol. The van der Waals surface area contributed by atoms with E-state index < -0.39 is 0 Å². The predicted octanol–water partition coefficient (Wildman–Crippen LogP) is 4.55. The molecule has 0 amide bonds. The summed E-state index contributed by atoms with van der Waals surface area (Å²) < 4.78 is 1.21. The summed E-state index contributed by atoms with van der Waals surface area (Å²) in [5, 5.41) is 15.0. The molecule has 2 nitrogen and oxygen atoms in total. The second-order valence-electron chi connectivity index (χ2n) is 4.57. The van der Waals surface area contributed by atoms with E-state index in [9.17, 15) is 5.11 Å². The average Bonchev–Trinajstić information content (AvgIpc) is 2.78. The van der Waals surface area contributed by atoms with Crippen LogP contribution in [0, 0.1) is 0 Å². The number of benzene rings is 2. The molecule has 0 unspecified atom stereocenters. The third-order valence-electron chi connectivity index (χ3n) is 3.19. The van der Waals surface area contributed by atoms with Crippen molar-refractivity contribution in [1.29, 1.82) is 0 Å². The zero-order chi connectivity index (χ0) is 13.9. The maximum Gasteiger partial charge on any atom is 0.120 e. The number of hydrogen-bond donors (Lipinski definition) is 2. The molecule has 1 aromatic heterocycles. The van der Waals surface area contributed by atoms with Gasteiger partial charge in [-0.2, -0.15) is 0 Å². The van der Waals surface area contributed by atoms with E-state index in [2.05, 4.69) is 11.4 Å². The lowest BCUT2D eigenvalue weighted by Crippen LogP contribution is -2.12. The van der Waals surface area contributed by atoms with Crippen molar-refractivity contribution < 1.29 is 5.11 Å². The fourth-order valence-electron chi connectivity index (χ4n) is 2.15. The van der Waals surface area contributed by atoms with Gasteiger partial charge in [0.2, 0.25) is 0 Å². The van der Waals surface area contributed by atoms with Crippen LogP contribution in [0.3, 0.4) is 0 Å². The fraction of sp³-hybridized carbons (Fsp3) is 0.125. The molecule has 4 heteroatoms. The first-order valence-corrected chi connectivity index (χ1v) is 7.58. The number of hydrogen-bond acceptors (Lipinski definition) is 3. The van der Waals surface area contributed by atoms with E-state index in [1.165, 1.54) is 4.70 Å². The van der Waals surface area contributed by atoms with Gasteiger partial charge in [-0.1, -0.05) is 48.0 Å². The topological polar surface area (TPSA) is 32.3 Å². The third-order valence-corrected chi connectivity index (χ3v) is 4.91. The van der Waals surface area contributed by atoms with Gasteiger partial charge in [0.25, 0.3) is 0 Å². The molecule has 2 N–H and O–H groups in total. The van der Waals surface area contributed by atoms with Crippen LogP contribution >= 0.6 is 22.9 Å². The lowest BCUT2D eigenvalue weighted by Gasteiger charge is -2.05. The molecule has 3 aromatic rings. The van der Waals surface area contributed by atoms with Crippen molar-refractivity contribution >= 4 is 33.0 Å². The van der Waals surface area contributed by atoms with Crippen molar-refractivity contribution in [3.63, 3.8) is 0 Å². The van der Waals surface area contributed by atoms with Gasteiger partial charge in [-0.25, -0.2) is 0 Å². The van der Waals surface area contributed by atoms with E-state index in [-0.39, 0.29) is 0 Å². The minimum atomic E-state index is 0.322. The summed E-state index contributed by atoms with van der Waals surface area (Å²) in [6, 6.07) is 15.5. The van der Waals surface area contributed by atoms with Gasteiger partial charge >= 0.3 is 0 Å². The molecule has 2 aromatic carbocycles. The summed E-state index contributed by atoms with van der Waals surface area (Å²) in [4.78, 5) is 1.13. The number of nitrogens with one attached hydrogen (secondary N) is 1. The molecule has 0 aliphatic carbocycles. The van der Waals surface area contributed by atoms with Crippen LogP contribution in [0.1, 0.15) is 10.4 Å². The molecule has 3 rings (SSSR count). The van der Waals surface area contributed by atoms with Crippen molar-refractivity contribution in [2.75, 3.05) is 0 Å². The zero-order valence-electron chi connectivity index (χ0n) is 10.8. The van der Waals surface area contributed by atoms with E-state index in [1.54, 1.807) is 17.4 Å². The van der Waals surface area contributed by atoms with Crippen LogP contribution in [0.4, 0.5) is 0 Å². The highest BCUT2D eigenvalue weighted by Crippen LogP contribution is 2.35. The lowest BCUT2D eigenvalue weighted by atomic mass is 10.2. The Morgan fingerprint density at radius 3 is 2.55 bits per heavy atom. The highest BCUT2D eigenvalue weighted by atomic mass is 35.5. The van der Waals surface area contributed by atoms with E-state index in [0.717, 1.165) is 20.8 Å². The van der Waals surface area contributed by atoms with E-state index in [1.807, 2.05) is 36.4 Å². The standard InChI is InChI=1S/C16H14ClNOS/c17-16-12-6-2-4-8-14(12)20-15(16)10-18-9-11-5-1-3-7-13(11)19/h1-8,18-19H,9-10H2. The highest BCUT2D eigenvalue weighted by Gasteiger charge is 2.09. The van der Waals surface area contributed by atoms with Gasteiger partial charge in [0.1, 0.15) is 5.75 Å². The number of aromatic hydroxyl groups is 1. The molecule has 0 saturated heterocycles.